The van der Waals surface area contributed by atoms with Crippen LogP contribution in [0.15, 0.2) is 11.4 Å². The zero-order valence-electron chi connectivity index (χ0n) is 9.67. The van der Waals surface area contributed by atoms with Gasteiger partial charge in [0, 0.05) is 17.8 Å². The quantitative estimate of drug-likeness (QED) is 0.783. The lowest BCUT2D eigenvalue weighted by atomic mass is 10.3. The highest BCUT2D eigenvalue weighted by Crippen LogP contribution is 2.36. The first-order chi connectivity index (χ1) is 8.56. The normalized spacial score (nSPS) is 11.2. The van der Waals surface area contributed by atoms with Crippen LogP contribution >= 0.6 is 22.7 Å². The number of carboxylic acids is 1. The number of carbonyl (C=O) groups is 1. The van der Waals surface area contributed by atoms with Crippen molar-refractivity contribution < 1.29 is 9.90 Å². The molecule has 5 nitrogen and oxygen atoms in total. The van der Waals surface area contributed by atoms with Gasteiger partial charge >= 0.3 is 5.97 Å². The van der Waals surface area contributed by atoms with E-state index >= 15 is 0 Å². The lowest BCUT2D eigenvalue weighted by Crippen LogP contribution is -1.95. The van der Waals surface area contributed by atoms with Crippen molar-refractivity contribution in [3.8, 4) is 9.88 Å². The molecule has 0 saturated heterocycles. The number of thiophene rings is 1. The van der Waals surface area contributed by atoms with Crippen molar-refractivity contribution >= 4 is 38.9 Å². The third-order valence-electron chi connectivity index (χ3n) is 2.63. The van der Waals surface area contributed by atoms with Gasteiger partial charge in [0.05, 0.1) is 10.6 Å². The van der Waals surface area contributed by atoms with Gasteiger partial charge < -0.3 is 5.11 Å². The number of aryl methyl sites for hydroxylation is 2. The standard InChI is InChI=1S/C11H9N3O2S2/c1-5-6-3-8(18-10(6)14(2)13-5)9-12-7(4-17-9)11(15)16/h3-4H,1-2H3,(H,15,16). The van der Waals surface area contributed by atoms with Crippen molar-refractivity contribution in [3.63, 3.8) is 0 Å². The number of thiazole rings is 1. The highest BCUT2D eigenvalue weighted by molar-refractivity contribution is 7.25. The molecule has 1 N–H and O–H groups in total. The second-order valence-electron chi connectivity index (χ2n) is 3.88. The van der Waals surface area contributed by atoms with Crippen molar-refractivity contribution in [1.29, 1.82) is 0 Å². The summed E-state index contributed by atoms with van der Waals surface area (Å²) in [5.74, 6) is -0.989. The number of aromatic carboxylic acids is 1. The first-order valence-electron chi connectivity index (χ1n) is 5.18. The average molecular weight is 279 g/mol. The van der Waals surface area contributed by atoms with E-state index in [1.807, 2.05) is 24.7 Å². The number of hydrogen-bond acceptors (Lipinski definition) is 5. The van der Waals surface area contributed by atoms with Gasteiger partial charge in [-0.1, -0.05) is 0 Å². The third-order valence-corrected chi connectivity index (χ3v) is 4.84. The molecular formula is C11H9N3O2S2. The number of aromatic nitrogens is 3. The topological polar surface area (TPSA) is 68.0 Å². The monoisotopic (exact) mass is 279 g/mol. The van der Waals surface area contributed by atoms with E-state index in [-0.39, 0.29) is 5.69 Å². The highest BCUT2D eigenvalue weighted by Gasteiger charge is 2.15. The Morgan fingerprint density at radius 2 is 2.28 bits per heavy atom. The minimum atomic E-state index is -0.989. The number of nitrogens with zero attached hydrogens (tertiary/aromatic N) is 3. The van der Waals surface area contributed by atoms with E-state index in [4.69, 9.17) is 5.11 Å². The molecule has 0 aromatic carbocycles. The highest BCUT2D eigenvalue weighted by atomic mass is 32.1. The van der Waals surface area contributed by atoms with Gasteiger partial charge in [-0.25, -0.2) is 9.78 Å². The van der Waals surface area contributed by atoms with Gasteiger partial charge in [0.15, 0.2) is 5.69 Å². The Kier molecular flexibility index (Phi) is 2.46. The molecule has 3 aromatic heterocycles. The zero-order valence-corrected chi connectivity index (χ0v) is 11.3. The fraction of sp³-hybridized carbons (Fsp3) is 0.182. The number of fused-ring (bicyclic) bond motifs is 1. The van der Waals surface area contributed by atoms with Crippen molar-refractivity contribution in [2.75, 3.05) is 0 Å². The summed E-state index contributed by atoms with van der Waals surface area (Å²) in [6.45, 7) is 1.96. The van der Waals surface area contributed by atoms with Crippen LogP contribution in [-0.2, 0) is 7.05 Å². The van der Waals surface area contributed by atoms with Crippen LogP contribution in [0, 0.1) is 6.92 Å². The van der Waals surface area contributed by atoms with Gasteiger partial charge in [-0.2, -0.15) is 5.10 Å². The van der Waals surface area contributed by atoms with E-state index in [1.165, 1.54) is 11.3 Å². The predicted molar refractivity (Wildman–Crippen MR) is 71.4 cm³/mol. The van der Waals surface area contributed by atoms with Crippen molar-refractivity contribution in [1.82, 2.24) is 14.8 Å². The molecule has 7 heteroatoms. The van der Waals surface area contributed by atoms with E-state index in [2.05, 4.69) is 10.1 Å². The van der Waals surface area contributed by atoms with Crippen molar-refractivity contribution in [3.05, 3.63) is 22.8 Å². The van der Waals surface area contributed by atoms with E-state index in [9.17, 15) is 4.79 Å². The maximum atomic E-state index is 10.8. The molecule has 0 amide bonds. The van der Waals surface area contributed by atoms with Crippen LogP contribution in [-0.4, -0.2) is 25.8 Å². The maximum absolute atomic E-state index is 10.8. The zero-order chi connectivity index (χ0) is 12.9. The molecule has 0 spiro atoms. The lowest BCUT2D eigenvalue weighted by Gasteiger charge is -1.89. The molecular weight excluding hydrogens is 270 g/mol. The van der Waals surface area contributed by atoms with E-state index < -0.39 is 5.97 Å². The molecule has 18 heavy (non-hydrogen) atoms. The molecule has 0 unspecified atom stereocenters. The summed E-state index contributed by atoms with van der Waals surface area (Å²) in [5.41, 5.74) is 1.08. The Labute approximate surface area is 110 Å². The Morgan fingerprint density at radius 1 is 1.50 bits per heavy atom. The fourth-order valence-corrected chi connectivity index (χ4v) is 3.78. The summed E-state index contributed by atoms with van der Waals surface area (Å²) in [6, 6.07) is 2.02. The Hall–Kier alpha value is -1.73. The van der Waals surface area contributed by atoms with Gasteiger partial charge in [0.1, 0.15) is 9.84 Å². The van der Waals surface area contributed by atoms with E-state index in [1.54, 1.807) is 16.7 Å². The Morgan fingerprint density at radius 3 is 2.89 bits per heavy atom. The first-order valence-corrected chi connectivity index (χ1v) is 6.88. The predicted octanol–water partition coefficient (Wildman–Crippen LogP) is 2.76. The summed E-state index contributed by atoms with van der Waals surface area (Å²) in [5, 5.41) is 16.6. The number of carboxylic acid groups (broad SMARTS) is 1. The average Bonchev–Trinajstić information content (AvgIpc) is 2.98. The summed E-state index contributed by atoms with van der Waals surface area (Å²) in [7, 11) is 1.90. The van der Waals surface area contributed by atoms with Gasteiger partial charge in [-0.15, -0.1) is 22.7 Å². The van der Waals surface area contributed by atoms with Crippen LogP contribution in [0.3, 0.4) is 0 Å². The van der Waals surface area contributed by atoms with E-state index in [0.717, 1.165) is 25.8 Å². The van der Waals surface area contributed by atoms with Crippen LogP contribution in [0.1, 0.15) is 16.2 Å². The minimum Gasteiger partial charge on any atom is -0.476 e. The molecule has 0 aliphatic rings. The molecule has 92 valence electrons. The molecule has 0 radical (unpaired) electrons. The number of hydrogen-bond donors (Lipinski definition) is 1. The minimum absolute atomic E-state index is 0.0994. The van der Waals surface area contributed by atoms with Crippen LogP contribution in [0.25, 0.3) is 20.1 Å². The Balaban J connectivity index is 2.13. The van der Waals surface area contributed by atoms with Crippen molar-refractivity contribution in [2.45, 2.75) is 6.92 Å². The van der Waals surface area contributed by atoms with E-state index in [0.29, 0.717) is 0 Å². The van der Waals surface area contributed by atoms with Crippen LogP contribution in [0.2, 0.25) is 0 Å². The second kappa shape index (κ2) is 3.89. The fourth-order valence-electron chi connectivity index (χ4n) is 1.80. The second-order valence-corrected chi connectivity index (χ2v) is 5.77. The molecule has 0 aliphatic carbocycles. The molecule has 0 saturated carbocycles. The first kappa shape index (κ1) is 11.4. The van der Waals surface area contributed by atoms with Crippen LogP contribution < -0.4 is 0 Å². The van der Waals surface area contributed by atoms with Gasteiger partial charge in [0.2, 0.25) is 0 Å². The molecule has 3 aromatic rings. The third kappa shape index (κ3) is 1.63. The summed E-state index contributed by atoms with van der Waals surface area (Å²) in [4.78, 5) is 17.0. The van der Waals surface area contributed by atoms with Crippen LogP contribution in [0.4, 0.5) is 0 Å². The SMILES string of the molecule is Cc1nn(C)c2sc(-c3nc(C(=O)O)cs3)cc12. The number of rotatable bonds is 2. The molecule has 0 bridgehead atoms. The van der Waals surface area contributed by atoms with Gasteiger partial charge in [-0.05, 0) is 13.0 Å². The largest absolute Gasteiger partial charge is 0.476 e. The summed E-state index contributed by atoms with van der Waals surface area (Å²) < 4.78 is 1.84. The Bertz CT molecular complexity index is 719. The smallest absolute Gasteiger partial charge is 0.355 e. The van der Waals surface area contributed by atoms with Crippen LogP contribution in [0.5, 0.6) is 0 Å². The molecule has 3 rings (SSSR count). The molecule has 0 fully saturated rings. The molecule has 3 heterocycles. The van der Waals surface area contributed by atoms with Crippen molar-refractivity contribution in [2.24, 2.45) is 7.05 Å². The maximum Gasteiger partial charge on any atom is 0.355 e. The summed E-state index contributed by atoms with van der Waals surface area (Å²) >= 11 is 2.93. The lowest BCUT2D eigenvalue weighted by molar-refractivity contribution is 0.0691. The summed E-state index contributed by atoms with van der Waals surface area (Å²) in [6.07, 6.45) is 0. The van der Waals surface area contributed by atoms with Gasteiger partial charge in [-0.3, -0.25) is 4.68 Å². The van der Waals surface area contributed by atoms with Gasteiger partial charge in [0.25, 0.3) is 0 Å². The molecule has 0 atom stereocenters. The molecule has 0 aliphatic heterocycles.